The zero-order valence-corrected chi connectivity index (χ0v) is 14.9. The highest BCUT2D eigenvalue weighted by molar-refractivity contribution is 7.98. The Bertz CT molecular complexity index is 631. The second kappa shape index (κ2) is 8.93. The summed E-state index contributed by atoms with van der Waals surface area (Å²) in [6.07, 6.45) is 7.33. The molecule has 2 nitrogen and oxygen atoms in total. The zero-order chi connectivity index (χ0) is 16.6. The molecular weight excluding hydrogens is 314 g/mol. The zero-order valence-electron chi connectivity index (χ0n) is 14.0. The highest BCUT2D eigenvalue weighted by atomic mass is 32.2. The molecule has 1 N–H and O–H groups in total. The van der Waals surface area contributed by atoms with Gasteiger partial charge >= 0.3 is 0 Å². The summed E-state index contributed by atoms with van der Waals surface area (Å²) in [6, 6.07) is 18.8. The summed E-state index contributed by atoms with van der Waals surface area (Å²) < 4.78 is 0. The summed E-state index contributed by atoms with van der Waals surface area (Å²) in [6.45, 7) is 0. The van der Waals surface area contributed by atoms with Gasteiger partial charge in [0, 0.05) is 22.3 Å². The third kappa shape index (κ3) is 5.13. The molecule has 0 aromatic heterocycles. The Morgan fingerprint density at radius 2 is 1.58 bits per heavy atom. The number of benzene rings is 2. The molecular formula is C21H25NOS. The van der Waals surface area contributed by atoms with Gasteiger partial charge in [-0.25, -0.2) is 0 Å². The molecule has 0 spiro atoms. The number of hydrogen-bond donors (Lipinski definition) is 1. The number of carbonyl (C=O) groups is 1. The van der Waals surface area contributed by atoms with E-state index in [-0.39, 0.29) is 5.91 Å². The van der Waals surface area contributed by atoms with Crippen molar-refractivity contribution < 1.29 is 4.79 Å². The minimum atomic E-state index is 0.0733. The molecule has 2 aromatic carbocycles. The second-order valence-corrected chi connectivity index (χ2v) is 7.51. The van der Waals surface area contributed by atoms with E-state index in [2.05, 4.69) is 41.7 Å². The summed E-state index contributed by atoms with van der Waals surface area (Å²) in [7, 11) is 0. The van der Waals surface area contributed by atoms with Gasteiger partial charge in [-0.1, -0.05) is 56.0 Å². The molecule has 1 saturated carbocycles. The van der Waals surface area contributed by atoms with Crippen LogP contribution >= 0.6 is 11.8 Å². The van der Waals surface area contributed by atoms with Gasteiger partial charge in [0.2, 0.25) is 0 Å². The van der Waals surface area contributed by atoms with Crippen molar-refractivity contribution in [2.75, 3.05) is 0 Å². The van der Waals surface area contributed by atoms with Crippen molar-refractivity contribution in [3.05, 3.63) is 65.7 Å². The molecule has 0 saturated heterocycles. The summed E-state index contributed by atoms with van der Waals surface area (Å²) >= 11 is 1.82. The highest BCUT2D eigenvalue weighted by Crippen LogP contribution is 2.22. The van der Waals surface area contributed by atoms with Gasteiger partial charge in [0.05, 0.1) is 0 Å². The normalized spacial score (nSPS) is 15.7. The Labute approximate surface area is 149 Å². The van der Waals surface area contributed by atoms with Crippen LogP contribution in [0.2, 0.25) is 0 Å². The minimum Gasteiger partial charge on any atom is -0.349 e. The summed E-state index contributed by atoms with van der Waals surface area (Å²) in [4.78, 5) is 13.7. The first-order valence-corrected chi connectivity index (χ1v) is 9.87. The van der Waals surface area contributed by atoms with Crippen LogP contribution in [0, 0.1) is 0 Å². The van der Waals surface area contributed by atoms with Crippen LogP contribution in [0.4, 0.5) is 0 Å². The van der Waals surface area contributed by atoms with Crippen molar-refractivity contribution in [3.8, 4) is 0 Å². The smallest absolute Gasteiger partial charge is 0.251 e. The van der Waals surface area contributed by atoms with Gasteiger partial charge in [-0.15, -0.1) is 11.8 Å². The Morgan fingerprint density at radius 3 is 2.25 bits per heavy atom. The molecule has 3 heteroatoms. The Morgan fingerprint density at radius 1 is 0.917 bits per heavy atom. The maximum Gasteiger partial charge on any atom is 0.251 e. The number of amides is 1. The fourth-order valence-corrected chi connectivity index (χ4v) is 4.00. The lowest BCUT2D eigenvalue weighted by Gasteiger charge is -2.16. The molecule has 2 aromatic rings. The van der Waals surface area contributed by atoms with Crippen LogP contribution in [-0.2, 0) is 5.75 Å². The lowest BCUT2D eigenvalue weighted by atomic mass is 10.1. The molecule has 0 radical (unpaired) electrons. The van der Waals surface area contributed by atoms with E-state index >= 15 is 0 Å². The van der Waals surface area contributed by atoms with Gasteiger partial charge in [0.25, 0.3) is 5.91 Å². The van der Waals surface area contributed by atoms with E-state index in [1.54, 1.807) is 0 Å². The van der Waals surface area contributed by atoms with Crippen LogP contribution in [0.3, 0.4) is 0 Å². The van der Waals surface area contributed by atoms with Crippen molar-refractivity contribution in [2.24, 2.45) is 0 Å². The number of rotatable bonds is 5. The van der Waals surface area contributed by atoms with E-state index in [0.29, 0.717) is 6.04 Å². The summed E-state index contributed by atoms with van der Waals surface area (Å²) in [5.41, 5.74) is 2.02. The average molecular weight is 340 g/mol. The quantitative estimate of drug-likeness (QED) is 0.581. The van der Waals surface area contributed by atoms with Gasteiger partial charge in [-0.2, -0.15) is 0 Å². The van der Waals surface area contributed by atoms with E-state index in [1.807, 2.05) is 30.0 Å². The van der Waals surface area contributed by atoms with Crippen molar-refractivity contribution in [3.63, 3.8) is 0 Å². The molecule has 1 fully saturated rings. The van der Waals surface area contributed by atoms with Gasteiger partial charge in [-0.05, 0) is 42.7 Å². The summed E-state index contributed by atoms with van der Waals surface area (Å²) in [5.74, 6) is 0.998. The molecule has 0 aliphatic heterocycles. The fraction of sp³-hybridized carbons (Fsp3) is 0.381. The second-order valence-electron chi connectivity index (χ2n) is 6.46. The number of nitrogens with one attached hydrogen (secondary N) is 1. The number of hydrogen-bond acceptors (Lipinski definition) is 2. The van der Waals surface area contributed by atoms with E-state index in [4.69, 9.17) is 0 Å². The molecule has 126 valence electrons. The topological polar surface area (TPSA) is 29.1 Å². The molecule has 24 heavy (non-hydrogen) atoms. The van der Waals surface area contributed by atoms with E-state index in [1.165, 1.54) is 36.1 Å². The maximum absolute atomic E-state index is 12.4. The number of thioether (sulfide) groups is 1. The summed E-state index contributed by atoms with van der Waals surface area (Å²) in [5, 5.41) is 3.21. The molecule has 3 rings (SSSR count). The first kappa shape index (κ1) is 17.1. The van der Waals surface area contributed by atoms with Gasteiger partial charge in [-0.3, -0.25) is 4.79 Å². The molecule has 1 aliphatic rings. The largest absolute Gasteiger partial charge is 0.349 e. The van der Waals surface area contributed by atoms with Crippen molar-refractivity contribution >= 4 is 17.7 Å². The highest BCUT2D eigenvalue weighted by Gasteiger charge is 2.15. The average Bonchev–Trinajstić information content (AvgIpc) is 2.90. The minimum absolute atomic E-state index is 0.0733. The molecule has 1 amide bonds. The van der Waals surface area contributed by atoms with Crippen LogP contribution in [0.15, 0.2) is 59.5 Å². The van der Waals surface area contributed by atoms with Crippen LogP contribution in [0.5, 0.6) is 0 Å². The molecule has 0 bridgehead atoms. The Hall–Kier alpha value is -1.74. The monoisotopic (exact) mass is 339 g/mol. The lowest BCUT2D eigenvalue weighted by Crippen LogP contribution is -2.34. The van der Waals surface area contributed by atoms with Crippen LogP contribution in [0.1, 0.15) is 54.4 Å². The van der Waals surface area contributed by atoms with E-state index < -0.39 is 0 Å². The van der Waals surface area contributed by atoms with Crippen LogP contribution in [0.25, 0.3) is 0 Å². The lowest BCUT2D eigenvalue weighted by molar-refractivity contribution is 0.0933. The first-order valence-electron chi connectivity index (χ1n) is 8.89. The predicted molar refractivity (Wildman–Crippen MR) is 101 cm³/mol. The fourth-order valence-electron chi connectivity index (χ4n) is 3.13. The van der Waals surface area contributed by atoms with Crippen LogP contribution in [-0.4, -0.2) is 11.9 Å². The van der Waals surface area contributed by atoms with Crippen molar-refractivity contribution in [1.29, 1.82) is 0 Å². The molecule has 0 atom stereocenters. The molecule has 0 heterocycles. The van der Waals surface area contributed by atoms with E-state index in [0.717, 1.165) is 24.2 Å². The van der Waals surface area contributed by atoms with Crippen molar-refractivity contribution in [1.82, 2.24) is 5.32 Å². The van der Waals surface area contributed by atoms with Crippen molar-refractivity contribution in [2.45, 2.75) is 55.2 Å². The number of carbonyl (C=O) groups excluding carboxylic acids is 1. The SMILES string of the molecule is O=C(NC1CCCCCC1)c1ccc(CSc2ccccc2)cc1. The van der Waals surface area contributed by atoms with Gasteiger partial charge in [0.15, 0.2) is 0 Å². The molecule has 0 unspecified atom stereocenters. The van der Waals surface area contributed by atoms with Gasteiger partial charge in [0.1, 0.15) is 0 Å². The maximum atomic E-state index is 12.4. The third-order valence-electron chi connectivity index (χ3n) is 4.56. The first-order chi connectivity index (χ1) is 11.8. The predicted octanol–water partition coefficient (Wildman–Crippen LogP) is 5.43. The van der Waals surface area contributed by atoms with Crippen LogP contribution < -0.4 is 5.32 Å². The van der Waals surface area contributed by atoms with E-state index in [9.17, 15) is 4.79 Å². The third-order valence-corrected chi connectivity index (χ3v) is 5.64. The standard InChI is InChI=1S/C21H25NOS/c23-21(22-19-8-4-1-2-5-9-19)18-14-12-17(13-15-18)16-24-20-10-6-3-7-11-20/h3,6-7,10-15,19H,1-2,4-5,8-9,16H2,(H,22,23). The van der Waals surface area contributed by atoms with Gasteiger partial charge < -0.3 is 5.32 Å². The molecule has 1 aliphatic carbocycles. The Balaban J connectivity index is 1.52. The Kier molecular flexibility index (Phi) is 6.36.